The second-order valence-corrected chi connectivity index (χ2v) is 10.1. The third-order valence-electron chi connectivity index (χ3n) is 6.99. The van der Waals surface area contributed by atoms with E-state index in [1.54, 1.807) is 19.1 Å². The minimum Gasteiger partial charge on any atom is -0.495 e. The van der Waals surface area contributed by atoms with Crippen LogP contribution in [0.4, 0.5) is 5.69 Å². The molecule has 204 valence electrons. The number of aromatic nitrogens is 1. The molecule has 9 nitrogen and oxygen atoms in total. The number of carbonyl (C=O) groups is 3. The number of esters is 2. The number of benzene rings is 2. The lowest BCUT2D eigenvalue weighted by Gasteiger charge is -2.46. The predicted molar refractivity (Wildman–Crippen MR) is 149 cm³/mol. The minimum atomic E-state index is -1.39. The SMILES string of the molecule is COC(=O)C1=C(C)NC(C)C(C(=O)OC)(c2nc(-c3ccc(OC)c(NC(C)=O)c3)cs2)C1c1ccccc1. The number of nitrogens with one attached hydrogen (secondary N) is 2. The first-order valence-corrected chi connectivity index (χ1v) is 13.2. The van der Waals surface area contributed by atoms with E-state index in [9.17, 15) is 14.4 Å². The van der Waals surface area contributed by atoms with E-state index in [0.29, 0.717) is 33.4 Å². The third-order valence-corrected chi connectivity index (χ3v) is 7.98. The number of carbonyl (C=O) groups excluding carboxylic acids is 3. The Morgan fingerprint density at radius 1 is 1.05 bits per heavy atom. The fraction of sp³-hybridized carbons (Fsp3) is 0.310. The molecule has 10 heteroatoms. The van der Waals surface area contributed by atoms with E-state index in [1.807, 2.05) is 48.7 Å². The molecule has 2 heterocycles. The van der Waals surface area contributed by atoms with Crippen molar-refractivity contribution in [3.05, 3.63) is 75.8 Å². The van der Waals surface area contributed by atoms with Gasteiger partial charge in [0.1, 0.15) is 10.8 Å². The molecule has 0 spiro atoms. The zero-order chi connectivity index (χ0) is 28.3. The highest BCUT2D eigenvalue weighted by Crippen LogP contribution is 2.52. The molecule has 1 aromatic heterocycles. The van der Waals surface area contributed by atoms with Gasteiger partial charge >= 0.3 is 11.9 Å². The van der Waals surface area contributed by atoms with Crippen LogP contribution < -0.4 is 15.4 Å². The Kier molecular flexibility index (Phi) is 8.06. The number of thiazole rings is 1. The van der Waals surface area contributed by atoms with E-state index in [4.69, 9.17) is 19.2 Å². The lowest BCUT2D eigenvalue weighted by atomic mass is 9.62. The molecule has 0 aliphatic carbocycles. The normalized spacial score (nSPS) is 20.6. The molecule has 0 saturated heterocycles. The number of ether oxygens (including phenoxy) is 3. The van der Waals surface area contributed by atoms with Crippen molar-refractivity contribution >= 4 is 34.9 Å². The molecule has 0 fully saturated rings. The molecule has 2 N–H and O–H groups in total. The molecule has 3 atom stereocenters. The highest BCUT2D eigenvalue weighted by atomic mass is 32.1. The second-order valence-electron chi connectivity index (χ2n) is 9.23. The zero-order valence-electron chi connectivity index (χ0n) is 22.7. The fourth-order valence-electron chi connectivity index (χ4n) is 5.28. The summed E-state index contributed by atoms with van der Waals surface area (Å²) in [6.07, 6.45) is 0. The Bertz CT molecular complexity index is 1430. The molecular formula is C29H31N3O6S. The van der Waals surface area contributed by atoms with Crippen molar-refractivity contribution in [2.75, 3.05) is 26.6 Å². The zero-order valence-corrected chi connectivity index (χ0v) is 23.5. The van der Waals surface area contributed by atoms with Crippen LogP contribution >= 0.6 is 11.3 Å². The third kappa shape index (κ3) is 4.87. The number of rotatable bonds is 7. The van der Waals surface area contributed by atoms with Crippen molar-refractivity contribution in [1.29, 1.82) is 0 Å². The van der Waals surface area contributed by atoms with Gasteiger partial charge in [-0.25, -0.2) is 9.78 Å². The van der Waals surface area contributed by atoms with Crippen LogP contribution in [0.1, 0.15) is 37.3 Å². The number of hydrogen-bond acceptors (Lipinski definition) is 9. The number of hydrogen-bond donors (Lipinski definition) is 2. The topological polar surface area (TPSA) is 116 Å². The van der Waals surface area contributed by atoms with Gasteiger partial charge in [-0.3, -0.25) is 9.59 Å². The number of allylic oxidation sites excluding steroid dienone is 1. The molecule has 4 rings (SSSR count). The summed E-state index contributed by atoms with van der Waals surface area (Å²) in [5.41, 5.74) is 2.13. The van der Waals surface area contributed by atoms with E-state index in [1.165, 1.54) is 39.6 Å². The maximum absolute atomic E-state index is 13.9. The van der Waals surface area contributed by atoms with Crippen molar-refractivity contribution in [1.82, 2.24) is 10.3 Å². The van der Waals surface area contributed by atoms with Gasteiger partial charge in [0.05, 0.1) is 38.3 Å². The van der Waals surface area contributed by atoms with E-state index in [0.717, 1.165) is 11.1 Å². The van der Waals surface area contributed by atoms with Crippen LogP contribution in [0, 0.1) is 0 Å². The Labute approximate surface area is 231 Å². The Hall–Kier alpha value is -4.18. The first kappa shape index (κ1) is 27.8. The molecular weight excluding hydrogens is 518 g/mol. The Morgan fingerprint density at radius 2 is 1.77 bits per heavy atom. The van der Waals surface area contributed by atoms with Gasteiger partial charge in [0, 0.05) is 35.5 Å². The van der Waals surface area contributed by atoms with Crippen molar-refractivity contribution in [3.8, 4) is 17.0 Å². The van der Waals surface area contributed by atoms with Crippen LogP contribution in [0.2, 0.25) is 0 Å². The quantitative estimate of drug-likeness (QED) is 0.417. The summed E-state index contributed by atoms with van der Waals surface area (Å²) in [6, 6.07) is 14.2. The van der Waals surface area contributed by atoms with Gasteiger partial charge in [-0.15, -0.1) is 11.3 Å². The first-order valence-electron chi connectivity index (χ1n) is 12.3. The van der Waals surface area contributed by atoms with Crippen LogP contribution in [0.3, 0.4) is 0 Å². The highest BCUT2D eigenvalue weighted by Gasteiger charge is 2.60. The van der Waals surface area contributed by atoms with Gasteiger partial charge in [0.2, 0.25) is 5.91 Å². The maximum Gasteiger partial charge on any atom is 0.336 e. The summed E-state index contributed by atoms with van der Waals surface area (Å²) < 4.78 is 16.0. The predicted octanol–water partition coefficient (Wildman–Crippen LogP) is 4.41. The van der Waals surface area contributed by atoms with Gasteiger partial charge in [-0.2, -0.15) is 0 Å². The molecule has 1 aliphatic heterocycles. The summed E-state index contributed by atoms with van der Waals surface area (Å²) in [5.74, 6) is -1.53. The molecule has 2 aromatic carbocycles. The molecule has 3 unspecified atom stereocenters. The van der Waals surface area contributed by atoms with Crippen molar-refractivity contribution in [3.63, 3.8) is 0 Å². The van der Waals surface area contributed by atoms with E-state index in [2.05, 4.69) is 10.6 Å². The van der Waals surface area contributed by atoms with Crippen LogP contribution in [-0.2, 0) is 29.3 Å². The summed E-state index contributed by atoms with van der Waals surface area (Å²) in [4.78, 5) is 43.8. The Balaban J connectivity index is 1.95. The van der Waals surface area contributed by atoms with E-state index < -0.39 is 29.3 Å². The molecule has 1 amide bonds. The van der Waals surface area contributed by atoms with Gasteiger partial charge in [-0.05, 0) is 37.6 Å². The van der Waals surface area contributed by atoms with Gasteiger partial charge in [-0.1, -0.05) is 30.3 Å². The van der Waals surface area contributed by atoms with Crippen molar-refractivity contribution in [2.24, 2.45) is 0 Å². The van der Waals surface area contributed by atoms with E-state index >= 15 is 0 Å². The summed E-state index contributed by atoms with van der Waals surface area (Å²) >= 11 is 1.30. The first-order chi connectivity index (χ1) is 18.7. The van der Waals surface area contributed by atoms with Crippen LogP contribution in [0.5, 0.6) is 5.75 Å². The largest absolute Gasteiger partial charge is 0.495 e. The van der Waals surface area contributed by atoms with Crippen LogP contribution in [-0.4, -0.2) is 50.2 Å². The number of anilines is 1. The number of nitrogens with zero attached hydrogens (tertiary/aromatic N) is 1. The van der Waals surface area contributed by atoms with Gasteiger partial charge in [0.15, 0.2) is 5.41 Å². The molecule has 1 aliphatic rings. The number of amides is 1. The fourth-order valence-corrected chi connectivity index (χ4v) is 6.41. The smallest absolute Gasteiger partial charge is 0.336 e. The second kappa shape index (κ2) is 11.3. The highest BCUT2D eigenvalue weighted by molar-refractivity contribution is 7.10. The van der Waals surface area contributed by atoms with Gasteiger partial charge < -0.3 is 24.8 Å². The Morgan fingerprint density at radius 3 is 2.38 bits per heavy atom. The lowest BCUT2D eigenvalue weighted by molar-refractivity contribution is -0.150. The van der Waals surface area contributed by atoms with E-state index in [-0.39, 0.29) is 5.91 Å². The molecule has 39 heavy (non-hydrogen) atoms. The standard InChI is InChI=1S/C29H31N3O6S/c1-16-24(26(34)37-5)25(19-10-8-7-9-11-19)29(17(2)30-16,28(35)38-6)27-32-22(15-39-27)20-12-13-23(36-4)21(14-20)31-18(3)33/h7-15,17,25,30H,1-6H3,(H,31,33). The summed E-state index contributed by atoms with van der Waals surface area (Å²) in [7, 11) is 4.18. The van der Waals surface area contributed by atoms with Crippen LogP contribution in [0.15, 0.2) is 65.2 Å². The lowest BCUT2D eigenvalue weighted by Crippen LogP contribution is -2.60. The number of methoxy groups -OCH3 is 3. The molecule has 0 radical (unpaired) electrons. The molecule has 0 saturated carbocycles. The molecule has 3 aromatic rings. The summed E-state index contributed by atoms with van der Waals surface area (Å²) in [5, 5.41) is 8.42. The average molecular weight is 550 g/mol. The average Bonchev–Trinajstić information content (AvgIpc) is 3.42. The van der Waals surface area contributed by atoms with Gasteiger partial charge in [0.25, 0.3) is 0 Å². The van der Waals surface area contributed by atoms with Crippen LogP contribution in [0.25, 0.3) is 11.3 Å². The maximum atomic E-state index is 13.9. The minimum absolute atomic E-state index is 0.237. The van der Waals surface area contributed by atoms with Crippen molar-refractivity contribution in [2.45, 2.75) is 38.1 Å². The monoisotopic (exact) mass is 549 g/mol. The van der Waals surface area contributed by atoms with Crippen molar-refractivity contribution < 1.29 is 28.6 Å². The summed E-state index contributed by atoms with van der Waals surface area (Å²) in [6.45, 7) is 5.10. The molecule has 0 bridgehead atoms.